The van der Waals surface area contributed by atoms with Gasteiger partial charge < -0.3 is 9.84 Å². The van der Waals surface area contributed by atoms with Gasteiger partial charge in [-0.25, -0.2) is 4.79 Å². The van der Waals surface area contributed by atoms with Crippen LogP contribution in [0, 0.1) is 5.92 Å². The van der Waals surface area contributed by atoms with E-state index in [1.54, 1.807) is 0 Å². The van der Waals surface area contributed by atoms with Crippen molar-refractivity contribution >= 4 is 11.9 Å². The van der Waals surface area contributed by atoms with Gasteiger partial charge in [-0.2, -0.15) is 0 Å². The number of likely N-dealkylation sites (tertiary alicyclic amines) is 1. The molecule has 1 saturated heterocycles. The topological polar surface area (TPSA) is 66.8 Å². The standard InChI is InChI=1S/C14H25NO4/c1-10(17)12-9-11(6-8-16)5-7-15(12)13(18)19-14(2,3)4/h11-12,16H,5-9H2,1-4H3. The average molecular weight is 271 g/mol. The Balaban J connectivity index is 2.72. The van der Waals surface area contributed by atoms with Crippen LogP contribution in [0.2, 0.25) is 0 Å². The van der Waals surface area contributed by atoms with E-state index < -0.39 is 17.7 Å². The molecule has 0 radical (unpaired) electrons. The fourth-order valence-electron chi connectivity index (χ4n) is 2.41. The van der Waals surface area contributed by atoms with Crippen molar-refractivity contribution in [3.8, 4) is 0 Å². The van der Waals surface area contributed by atoms with Crippen molar-refractivity contribution < 1.29 is 19.4 Å². The Bertz CT molecular complexity index is 335. The van der Waals surface area contributed by atoms with Crippen LogP contribution in [0.4, 0.5) is 4.79 Å². The van der Waals surface area contributed by atoms with E-state index in [9.17, 15) is 9.59 Å². The molecule has 2 atom stereocenters. The number of aliphatic hydroxyl groups is 1. The Hall–Kier alpha value is -1.10. The van der Waals surface area contributed by atoms with E-state index in [-0.39, 0.29) is 12.4 Å². The van der Waals surface area contributed by atoms with Crippen LogP contribution in [0.15, 0.2) is 0 Å². The fourth-order valence-corrected chi connectivity index (χ4v) is 2.41. The summed E-state index contributed by atoms with van der Waals surface area (Å²) in [5, 5.41) is 8.98. The van der Waals surface area contributed by atoms with Crippen molar-refractivity contribution in [1.82, 2.24) is 4.90 Å². The minimum Gasteiger partial charge on any atom is -0.444 e. The van der Waals surface area contributed by atoms with Crippen LogP contribution < -0.4 is 0 Å². The van der Waals surface area contributed by atoms with Crippen molar-refractivity contribution in [3.63, 3.8) is 0 Å². The van der Waals surface area contributed by atoms with Crippen LogP contribution in [0.3, 0.4) is 0 Å². The molecule has 0 aromatic rings. The van der Waals surface area contributed by atoms with E-state index in [1.165, 1.54) is 11.8 Å². The maximum absolute atomic E-state index is 12.1. The predicted molar refractivity (Wildman–Crippen MR) is 71.8 cm³/mol. The highest BCUT2D eigenvalue weighted by molar-refractivity contribution is 5.85. The van der Waals surface area contributed by atoms with Gasteiger partial charge in [0.25, 0.3) is 0 Å². The fraction of sp³-hybridized carbons (Fsp3) is 0.857. The van der Waals surface area contributed by atoms with Gasteiger partial charge in [0.05, 0.1) is 6.04 Å². The van der Waals surface area contributed by atoms with Crippen LogP contribution in [0.5, 0.6) is 0 Å². The van der Waals surface area contributed by atoms with Crippen LogP contribution in [0.1, 0.15) is 47.0 Å². The number of ketones is 1. The second kappa shape index (κ2) is 6.37. The number of rotatable bonds is 3. The summed E-state index contributed by atoms with van der Waals surface area (Å²) in [5.74, 6) is 0.283. The molecular weight excluding hydrogens is 246 g/mol. The number of hydrogen-bond donors (Lipinski definition) is 1. The molecule has 1 rings (SSSR count). The maximum atomic E-state index is 12.1. The summed E-state index contributed by atoms with van der Waals surface area (Å²) < 4.78 is 5.34. The van der Waals surface area contributed by atoms with Crippen LogP contribution >= 0.6 is 0 Å². The third-order valence-electron chi connectivity index (χ3n) is 3.35. The molecule has 1 aliphatic rings. The molecule has 2 unspecified atom stereocenters. The zero-order valence-electron chi connectivity index (χ0n) is 12.3. The van der Waals surface area contributed by atoms with E-state index in [2.05, 4.69) is 0 Å². The first kappa shape index (κ1) is 16.0. The summed E-state index contributed by atoms with van der Waals surface area (Å²) >= 11 is 0. The van der Waals surface area contributed by atoms with Gasteiger partial charge in [-0.3, -0.25) is 9.69 Å². The monoisotopic (exact) mass is 271 g/mol. The molecule has 1 heterocycles. The summed E-state index contributed by atoms with van der Waals surface area (Å²) in [5.41, 5.74) is -0.555. The highest BCUT2D eigenvalue weighted by Crippen LogP contribution is 2.27. The first-order valence-corrected chi connectivity index (χ1v) is 6.85. The Morgan fingerprint density at radius 1 is 1.37 bits per heavy atom. The van der Waals surface area contributed by atoms with Gasteiger partial charge in [0.15, 0.2) is 5.78 Å². The van der Waals surface area contributed by atoms with Gasteiger partial charge in [0.1, 0.15) is 5.60 Å². The molecule has 0 aliphatic carbocycles. The zero-order chi connectivity index (χ0) is 14.6. The lowest BCUT2D eigenvalue weighted by molar-refractivity contribution is -0.124. The number of aliphatic hydroxyl groups excluding tert-OH is 1. The lowest BCUT2D eigenvalue weighted by Gasteiger charge is -2.38. The van der Waals surface area contributed by atoms with Crippen molar-refractivity contribution in [2.24, 2.45) is 5.92 Å². The van der Waals surface area contributed by atoms with Gasteiger partial charge in [-0.15, -0.1) is 0 Å². The third-order valence-corrected chi connectivity index (χ3v) is 3.35. The van der Waals surface area contributed by atoms with Crippen molar-refractivity contribution in [2.45, 2.75) is 58.6 Å². The average Bonchev–Trinajstić information content (AvgIpc) is 2.26. The first-order chi connectivity index (χ1) is 8.74. The smallest absolute Gasteiger partial charge is 0.410 e. The van der Waals surface area contributed by atoms with Gasteiger partial charge in [0, 0.05) is 13.2 Å². The second-order valence-electron chi connectivity index (χ2n) is 6.20. The highest BCUT2D eigenvalue weighted by Gasteiger charge is 2.36. The molecule has 1 aliphatic heterocycles. The number of Topliss-reactive ketones (excluding diaryl/α,β-unsaturated/α-hetero) is 1. The minimum atomic E-state index is -0.555. The summed E-state index contributed by atoms with van der Waals surface area (Å²) in [4.78, 5) is 25.3. The Morgan fingerprint density at radius 3 is 2.47 bits per heavy atom. The van der Waals surface area contributed by atoms with Crippen LogP contribution in [-0.2, 0) is 9.53 Å². The van der Waals surface area contributed by atoms with Gasteiger partial charge >= 0.3 is 6.09 Å². The lowest BCUT2D eigenvalue weighted by Crippen LogP contribution is -2.51. The Labute approximate surface area is 114 Å². The number of ether oxygens (including phenoxy) is 1. The van der Waals surface area contributed by atoms with Gasteiger partial charge in [-0.05, 0) is 52.9 Å². The highest BCUT2D eigenvalue weighted by atomic mass is 16.6. The molecule has 1 N–H and O–H groups in total. The molecule has 0 bridgehead atoms. The summed E-state index contributed by atoms with van der Waals surface area (Å²) in [6, 6.07) is -0.417. The van der Waals surface area contributed by atoms with Gasteiger partial charge in [-0.1, -0.05) is 0 Å². The summed E-state index contributed by atoms with van der Waals surface area (Å²) in [6.07, 6.45) is 1.69. The molecule has 1 amide bonds. The summed E-state index contributed by atoms with van der Waals surface area (Å²) in [6.45, 7) is 7.58. The van der Waals surface area contributed by atoms with E-state index in [0.717, 1.165) is 6.42 Å². The predicted octanol–water partition coefficient (Wildman–Crippen LogP) is 1.97. The third kappa shape index (κ3) is 4.82. The van der Waals surface area contributed by atoms with Crippen molar-refractivity contribution in [1.29, 1.82) is 0 Å². The van der Waals surface area contributed by atoms with Crippen molar-refractivity contribution in [3.05, 3.63) is 0 Å². The molecule has 5 nitrogen and oxygen atoms in total. The molecule has 0 aromatic carbocycles. The molecule has 0 saturated carbocycles. The number of carbonyl (C=O) groups excluding carboxylic acids is 2. The molecule has 5 heteroatoms. The normalized spacial score (nSPS) is 24.2. The molecule has 1 fully saturated rings. The van der Waals surface area contributed by atoms with E-state index >= 15 is 0 Å². The first-order valence-electron chi connectivity index (χ1n) is 6.85. The van der Waals surface area contributed by atoms with Crippen LogP contribution in [0.25, 0.3) is 0 Å². The second-order valence-corrected chi connectivity index (χ2v) is 6.20. The number of nitrogens with zero attached hydrogens (tertiary/aromatic N) is 1. The molecule has 110 valence electrons. The molecule has 19 heavy (non-hydrogen) atoms. The molecule has 0 aromatic heterocycles. The summed E-state index contributed by atoms with van der Waals surface area (Å²) in [7, 11) is 0. The van der Waals surface area contributed by atoms with Crippen LogP contribution in [-0.4, -0.2) is 46.7 Å². The molecule has 0 spiro atoms. The Morgan fingerprint density at radius 2 is 2.00 bits per heavy atom. The lowest BCUT2D eigenvalue weighted by atomic mass is 9.87. The number of hydrogen-bond acceptors (Lipinski definition) is 4. The minimum absolute atomic E-state index is 0.0199. The van der Waals surface area contributed by atoms with E-state index in [4.69, 9.17) is 9.84 Å². The van der Waals surface area contributed by atoms with Crippen molar-refractivity contribution in [2.75, 3.05) is 13.2 Å². The maximum Gasteiger partial charge on any atom is 0.410 e. The van der Waals surface area contributed by atoms with E-state index in [1.807, 2.05) is 20.8 Å². The Kier molecular flexibility index (Phi) is 5.35. The molecular formula is C14H25NO4. The zero-order valence-corrected chi connectivity index (χ0v) is 12.3. The number of amides is 1. The van der Waals surface area contributed by atoms with E-state index in [0.29, 0.717) is 25.3 Å². The number of carbonyl (C=O) groups is 2. The van der Waals surface area contributed by atoms with Gasteiger partial charge in [0.2, 0.25) is 0 Å². The number of piperidine rings is 1. The largest absolute Gasteiger partial charge is 0.444 e. The quantitative estimate of drug-likeness (QED) is 0.852. The SMILES string of the molecule is CC(=O)C1CC(CCO)CCN1C(=O)OC(C)(C)C.